The molecule has 0 radical (unpaired) electrons. The summed E-state index contributed by atoms with van der Waals surface area (Å²) in [7, 11) is 0. The van der Waals surface area contributed by atoms with Crippen molar-refractivity contribution >= 4 is 39.2 Å². The van der Waals surface area contributed by atoms with Gasteiger partial charge in [-0.3, -0.25) is 14.6 Å². The first-order valence-corrected chi connectivity index (χ1v) is 13.6. The molecule has 4 aromatic rings. The maximum absolute atomic E-state index is 12.9. The lowest BCUT2D eigenvalue weighted by Gasteiger charge is -2.35. The summed E-state index contributed by atoms with van der Waals surface area (Å²) < 4.78 is 5.86. The van der Waals surface area contributed by atoms with Crippen LogP contribution in [0.5, 0.6) is 0 Å². The molecule has 6 rings (SSSR count). The predicted molar refractivity (Wildman–Crippen MR) is 147 cm³/mol. The molecule has 2 aliphatic heterocycles. The third kappa shape index (κ3) is 4.89. The zero-order chi connectivity index (χ0) is 26.3. The molecule has 0 aliphatic carbocycles. The minimum absolute atomic E-state index is 0.0452. The van der Waals surface area contributed by atoms with Crippen LogP contribution >= 0.6 is 11.3 Å². The quantitative estimate of drug-likeness (QED) is 0.352. The number of hydrogen-bond donors (Lipinski definition) is 3. The molecule has 2 aliphatic rings. The van der Waals surface area contributed by atoms with E-state index in [9.17, 15) is 9.59 Å². The van der Waals surface area contributed by atoms with Gasteiger partial charge in [-0.25, -0.2) is 4.98 Å². The van der Waals surface area contributed by atoms with E-state index >= 15 is 0 Å². The molecule has 1 fully saturated rings. The van der Waals surface area contributed by atoms with Crippen LogP contribution in [0.1, 0.15) is 50.7 Å². The summed E-state index contributed by atoms with van der Waals surface area (Å²) in [5.41, 5.74) is 4.29. The first-order chi connectivity index (χ1) is 18.4. The van der Waals surface area contributed by atoms with E-state index in [1.54, 1.807) is 12.4 Å². The van der Waals surface area contributed by atoms with Crippen LogP contribution < -0.4 is 15.5 Å². The first-order valence-electron chi connectivity index (χ1n) is 12.8. The third-order valence-corrected chi connectivity index (χ3v) is 8.25. The van der Waals surface area contributed by atoms with Crippen molar-refractivity contribution in [2.24, 2.45) is 0 Å². The molecular weight excluding hydrogens is 500 g/mol. The molecule has 0 bridgehead atoms. The van der Waals surface area contributed by atoms with Gasteiger partial charge >= 0.3 is 0 Å². The van der Waals surface area contributed by atoms with Crippen LogP contribution in [-0.4, -0.2) is 58.1 Å². The normalized spacial score (nSPS) is 18.7. The number of carbonyl (C=O) groups is 2. The molecule has 0 saturated carbocycles. The number of amides is 2. The fourth-order valence-electron chi connectivity index (χ4n) is 5.19. The van der Waals surface area contributed by atoms with Crippen LogP contribution in [-0.2, 0) is 24.1 Å². The van der Waals surface area contributed by atoms with Crippen molar-refractivity contribution in [1.82, 2.24) is 25.6 Å². The predicted octanol–water partition coefficient (Wildman–Crippen LogP) is 3.46. The van der Waals surface area contributed by atoms with E-state index in [-0.39, 0.29) is 23.4 Å². The zero-order valence-electron chi connectivity index (χ0n) is 21.4. The van der Waals surface area contributed by atoms with Crippen molar-refractivity contribution in [2.45, 2.75) is 44.8 Å². The first kappa shape index (κ1) is 24.6. The molecule has 3 aromatic heterocycles. The largest absolute Gasteiger partial charge is 0.377 e. The molecule has 196 valence electrons. The molecule has 10 heteroatoms. The van der Waals surface area contributed by atoms with Crippen molar-refractivity contribution in [2.75, 3.05) is 24.7 Å². The number of nitrogens with one attached hydrogen (secondary N) is 3. The van der Waals surface area contributed by atoms with Crippen LogP contribution in [0.25, 0.3) is 10.9 Å². The average Bonchev–Trinajstić information content (AvgIpc) is 3.51. The van der Waals surface area contributed by atoms with Gasteiger partial charge in [0.2, 0.25) is 0 Å². The Labute approximate surface area is 224 Å². The number of anilines is 1. The number of H-pyrrole nitrogens is 1. The van der Waals surface area contributed by atoms with Gasteiger partial charge in [-0.2, -0.15) is 0 Å². The number of benzene rings is 1. The van der Waals surface area contributed by atoms with Gasteiger partial charge in [-0.1, -0.05) is 11.3 Å². The van der Waals surface area contributed by atoms with Crippen molar-refractivity contribution in [3.8, 4) is 0 Å². The molecule has 9 nitrogen and oxygen atoms in total. The Morgan fingerprint density at radius 2 is 2.11 bits per heavy atom. The van der Waals surface area contributed by atoms with Crippen molar-refractivity contribution in [3.05, 3.63) is 76.2 Å². The molecule has 5 heterocycles. The molecule has 1 atom stereocenters. The number of morpholine rings is 1. The summed E-state index contributed by atoms with van der Waals surface area (Å²) in [5, 5.41) is 7.95. The zero-order valence-corrected chi connectivity index (χ0v) is 22.2. The fourth-order valence-corrected chi connectivity index (χ4v) is 6.26. The summed E-state index contributed by atoms with van der Waals surface area (Å²) in [4.78, 5) is 40.8. The summed E-state index contributed by atoms with van der Waals surface area (Å²) in [5.74, 6) is -0.163. The number of hydrogen-bond acceptors (Lipinski definition) is 7. The number of thiazole rings is 1. The van der Waals surface area contributed by atoms with Gasteiger partial charge < -0.3 is 25.3 Å². The van der Waals surface area contributed by atoms with E-state index in [0.29, 0.717) is 43.2 Å². The monoisotopic (exact) mass is 530 g/mol. The molecular formula is C28H30N6O3S. The summed E-state index contributed by atoms with van der Waals surface area (Å²) >= 11 is 1.46. The standard InChI is InChI=1S/C28H30N6O3S/c1-28(2)13-23-24(26(36)33-28)38-27(32-23)34-9-10-37-16-20(34)11-19-15-30-22-4-3-18(12-21(19)22)25(35)31-14-17-5-7-29-8-6-17/h3-8,12,15,20,30H,9-11,13-14,16H2,1-2H3,(H,31,35)(H,33,36)/t20-/m0/s1. The van der Waals surface area contributed by atoms with Crippen LogP contribution in [0.3, 0.4) is 0 Å². The highest BCUT2D eigenvalue weighted by Crippen LogP contribution is 2.34. The van der Waals surface area contributed by atoms with E-state index in [0.717, 1.165) is 39.3 Å². The van der Waals surface area contributed by atoms with Gasteiger partial charge in [0.25, 0.3) is 11.8 Å². The summed E-state index contributed by atoms with van der Waals surface area (Å²) in [6, 6.07) is 9.58. The van der Waals surface area contributed by atoms with E-state index in [4.69, 9.17) is 9.72 Å². The minimum atomic E-state index is -0.299. The van der Waals surface area contributed by atoms with Crippen molar-refractivity contribution < 1.29 is 14.3 Å². The van der Waals surface area contributed by atoms with Gasteiger partial charge in [0.1, 0.15) is 4.88 Å². The Morgan fingerprint density at radius 1 is 1.26 bits per heavy atom. The smallest absolute Gasteiger partial charge is 0.263 e. The number of aromatic amines is 1. The number of ether oxygens (including phenoxy) is 1. The number of fused-ring (bicyclic) bond motifs is 2. The van der Waals surface area contributed by atoms with Crippen LogP contribution in [0, 0.1) is 0 Å². The minimum Gasteiger partial charge on any atom is -0.377 e. The van der Waals surface area contributed by atoms with Crippen molar-refractivity contribution in [3.63, 3.8) is 0 Å². The Kier molecular flexibility index (Phi) is 6.37. The van der Waals surface area contributed by atoms with Gasteiger partial charge in [0.15, 0.2) is 5.13 Å². The second kappa shape index (κ2) is 9.85. The van der Waals surface area contributed by atoms with Gasteiger partial charge in [-0.05, 0) is 61.7 Å². The molecule has 38 heavy (non-hydrogen) atoms. The molecule has 1 saturated heterocycles. The number of pyridine rings is 1. The SMILES string of the molecule is CC1(C)Cc2nc(N3CCOC[C@@H]3Cc3c[nH]c4ccc(C(=O)NCc5ccncc5)cc34)sc2C(=O)N1. The summed E-state index contributed by atoms with van der Waals surface area (Å²) in [6.45, 7) is 6.40. The van der Waals surface area contributed by atoms with Crippen molar-refractivity contribution in [1.29, 1.82) is 0 Å². The Bertz CT molecular complexity index is 1500. The second-order valence-corrected chi connectivity index (χ2v) is 11.5. The Balaban J connectivity index is 1.22. The number of rotatable bonds is 6. The lowest BCUT2D eigenvalue weighted by molar-refractivity contribution is 0.0899. The van der Waals surface area contributed by atoms with Crippen LogP contribution in [0.15, 0.2) is 48.9 Å². The molecule has 3 N–H and O–H groups in total. The van der Waals surface area contributed by atoms with E-state index in [1.807, 2.05) is 50.4 Å². The van der Waals surface area contributed by atoms with E-state index in [2.05, 4.69) is 25.5 Å². The molecule has 2 amide bonds. The van der Waals surface area contributed by atoms with Gasteiger partial charge in [0, 0.05) is 60.1 Å². The lowest BCUT2D eigenvalue weighted by Crippen LogP contribution is -2.48. The topological polar surface area (TPSA) is 112 Å². The highest BCUT2D eigenvalue weighted by Gasteiger charge is 2.35. The van der Waals surface area contributed by atoms with Gasteiger partial charge in [-0.15, -0.1) is 0 Å². The van der Waals surface area contributed by atoms with Crippen LogP contribution in [0.2, 0.25) is 0 Å². The molecule has 1 aromatic carbocycles. The average molecular weight is 531 g/mol. The summed E-state index contributed by atoms with van der Waals surface area (Å²) in [6.07, 6.45) is 6.89. The van der Waals surface area contributed by atoms with Crippen LogP contribution in [0.4, 0.5) is 5.13 Å². The molecule has 0 spiro atoms. The fraction of sp³-hybridized carbons (Fsp3) is 0.357. The maximum Gasteiger partial charge on any atom is 0.263 e. The maximum atomic E-state index is 12.9. The number of aromatic nitrogens is 3. The van der Waals surface area contributed by atoms with Gasteiger partial charge in [0.05, 0.1) is 24.9 Å². The number of carbonyl (C=O) groups excluding carboxylic acids is 2. The third-order valence-electron chi connectivity index (χ3n) is 7.11. The van der Waals surface area contributed by atoms with E-state index < -0.39 is 0 Å². The highest BCUT2D eigenvalue weighted by molar-refractivity contribution is 7.17. The molecule has 0 unspecified atom stereocenters. The highest BCUT2D eigenvalue weighted by atomic mass is 32.1. The lowest BCUT2D eigenvalue weighted by atomic mass is 9.94. The number of nitrogens with zero attached hydrogens (tertiary/aromatic N) is 3. The Morgan fingerprint density at radius 3 is 2.95 bits per heavy atom. The second-order valence-electron chi connectivity index (χ2n) is 10.5. The Hall–Kier alpha value is -3.76. The van der Waals surface area contributed by atoms with E-state index in [1.165, 1.54) is 11.3 Å².